The van der Waals surface area contributed by atoms with Gasteiger partial charge in [0.2, 0.25) is 5.91 Å². The molecule has 0 aromatic heterocycles. The Morgan fingerprint density at radius 1 is 1.00 bits per heavy atom. The molecule has 0 saturated carbocycles. The number of nitriles is 2. The molecule has 1 unspecified atom stereocenters. The molecule has 1 aliphatic rings. The molecule has 0 aromatic rings. The Bertz CT molecular complexity index is 684. The van der Waals surface area contributed by atoms with Crippen LogP contribution in [0.3, 0.4) is 0 Å². The fourth-order valence-corrected chi connectivity index (χ4v) is 5.57. The van der Waals surface area contributed by atoms with Gasteiger partial charge in [-0.15, -0.1) is 0 Å². The van der Waals surface area contributed by atoms with E-state index >= 15 is 0 Å². The molecule has 0 aromatic carbocycles. The van der Waals surface area contributed by atoms with Gasteiger partial charge in [0.05, 0.1) is 50.8 Å². The fraction of sp³-hybridized carbons (Fsp3) is 0.833. The molecule has 0 radical (unpaired) electrons. The van der Waals surface area contributed by atoms with E-state index in [2.05, 4.69) is 38.4 Å². The van der Waals surface area contributed by atoms with Crippen LogP contribution in [0.1, 0.15) is 79.1 Å². The lowest BCUT2D eigenvalue weighted by atomic mass is 10.1. The van der Waals surface area contributed by atoms with Gasteiger partial charge < -0.3 is 18.7 Å². The Morgan fingerprint density at radius 3 is 2.29 bits per heavy atom. The number of carbonyl (C=O) groups excluding carboxylic acids is 2. The number of hydrogen-bond donors (Lipinski definition) is 0. The first-order valence-corrected chi connectivity index (χ1v) is 13.4. The number of ketones is 1. The van der Waals surface area contributed by atoms with Gasteiger partial charge in [0.1, 0.15) is 6.61 Å². The topological polar surface area (TPSA) is 116 Å². The third-order valence-electron chi connectivity index (χ3n) is 5.45. The van der Waals surface area contributed by atoms with Gasteiger partial charge in [-0.3, -0.25) is 9.59 Å². The second kappa shape index (κ2) is 17.8. The summed E-state index contributed by atoms with van der Waals surface area (Å²) in [4.78, 5) is 26.8. The van der Waals surface area contributed by atoms with E-state index in [1.54, 1.807) is 4.90 Å². The highest BCUT2D eigenvalue weighted by Gasteiger charge is 2.33. The summed E-state index contributed by atoms with van der Waals surface area (Å²) in [6, 6.07) is 4.20. The largest absolute Gasteiger partial charge is 0.373 e. The molecule has 1 saturated heterocycles. The van der Waals surface area contributed by atoms with Crippen molar-refractivity contribution in [1.29, 1.82) is 10.5 Å². The molecule has 10 heteroatoms. The molecule has 0 aliphatic carbocycles. The Hall–Kier alpha value is -1.61. The monoisotopic (exact) mass is 496 g/mol. The normalized spacial score (nSPS) is 16.7. The van der Waals surface area contributed by atoms with E-state index in [1.807, 2.05) is 6.07 Å². The SMILES string of the molecule is CC(C)N(C(C)C)P(OCCC#N)OCCCCCC(=O)N1CCC[C@H]1C(=O)COCCC#N. The van der Waals surface area contributed by atoms with Gasteiger partial charge in [-0.2, -0.15) is 10.5 Å². The molecule has 1 rings (SSSR count). The van der Waals surface area contributed by atoms with Crippen LogP contribution in [0, 0.1) is 22.7 Å². The van der Waals surface area contributed by atoms with Gasteiger partial charge in [0.15, 0.2) is 5.78 Å². The molecule has 1 heterocycles. The summed E-state index contributed by atoms with van der Waals surface area (Å²) in [5, 5.41) is 17.3. The average Bonchev–Trinajstić information content (AvgIpc) is 3.28. The zero-order valence-electron chi connectivity index (χ0n) is 21.2. The smallest absolute Gasteiger partial charge is 0.259 e. The highest BCUT2D eigenvalue weighted by Crippen LogP contribution is 2.46. The lowest BCUT2D eigenvalue weighted by Crippen LogP contribution is -2.42. The van der Waals surface area contributed by atoms with E-state index < -0.39 is 14.6 Å². The van der Waals surface area contributed by atoms with E-state index in [-0.39, 0.29) is 43.4 Å². The fourth-order valence-electron chi connectivity index (χ4n) is 3.94. The molecule has 34 heavy (non-hydrogen) atoms. The summed E-state index contributed by atoms with van der Waals surface area (Å²) in [5.74, 6) is -0.0662. The third kappa shape index (κ3) is 11.2. The Kier molecular flexibility index (Phi) is 15.9. The van der Waals surface area contributed by atoms with Gasteiger partial charge in [0.25, 0.3) is 8.53 Å². The number of carbonyl (C=O) groups is 2. The molecule has 0 spiro atoms. The lowest BCUT2D eigenvalue weighted by Gasteiger charge is -2.35. The van der Waals surface area contributed by atoms with Crippen molar-refractivity contribution in [1.82, 2.24) is 9.57 Å². The van der Waals surface area contributed by atoms with Crippen LogP contribution in [-0.2, 0) is 23.4 Å². The van der Waals surface area contributed by atoms with E-state index in [4.69, 9.17) is 24.3 Å². The summed E-state index contributed by atoms with van der Waals surface area (Å²) in [7, 11) is -1.24. The average molecular weight is 497 g/mol. The van der Waals surface area contributed by atoms with Gasteiger partial charge >= 0.3 is 0 Å². The Labute approximate surface area is 206 Å². The van der Waals surface area contributed by atoms with Gasteiger partial charge in [-0.05, 0) is 53.4 Å². The molecule has 1 aliphatic heterocycles. The van der Waals surface area contributed by atoms with Crippen LogP contribution in [0.4, 0.5) is 0 Å². The zero-order valence-corrected chi connectivity index (χ0v) is 22.1. The number of hydrogen-bond acceptors (Lipinski definition) is 8. The minimum Gasteiger partial charge on any atom is -0.373 e. The van der Waals surface area contributed by atoms with Crippen molar-refractivity contribution >= 4 is 20.2 Å². The molecule has 9 nitrogen and oxygen atoms in total. The predicted molar refractivity (Wildman–Crippen MR) is 130 cm³/mol. The number of ether oxygens (including phenoxy) is 1. The van der Waals surface area contributed by atoms with Crippen LogP contribution in [0.2, 0.25) is 0 Å². The molecule has 0 N–H and O–H groups in total. The highest BCUT2D eigenvalue weighted by molar-refractivity contribution is 7.44. The van der Waals surface area contributed by atoms with Crippen molar-refractivity contribution in [3.63, 3.8) is 0 Å². The van der Waals surface area contributed by atoms with Gasteiger partial charge in [-0.1, -0.05) is 6.42 Å². The number of nitrogens with zero attached hydrogens (tertiary/aromatic N) is 4. The first-order chi connectivity index (χ1) is 16.3. The number of unbranched alkanes of at least 4 members (excludes halogenated alkanes) is 2. The van der Waals surface area contributed by atoms with Crippen molar-refractivity contribution in [3.8, 4) is 12.1 Å². The summed E-state index contributed by atoms with van der Waals surface area (Å²) in [6.07, 6.45) is 4.90. The van der Waals surface area contributed by atoms with Crippen molar-refractivity contribution in [3.05, 3.63) is 0 Å². The molecule has 192 valence electrons. The van der Waals surface area contributed by atoms with Crippen LogP contribution < -0.4 is 0 Å². The lowest BCUT2D eigenvalue weighted by molar-refractivity contribution is -0.139. The van der Waals surface area contributed by atoms with Crippen LogP contribution in [0.15, 0.2) is 0 Å². The third-order valence-corrected chi connectivity index (χ3v) is 7.55. The second-order valence-electron chi connectivity index (χ2n) is 8.86. The van der Waals surface area contributed by atoms with Crippen LogP contribution in [-0.4, -0.2) is 72.4 Å². The van der Waals surface area contributed by atoms with E-state index in [9.17, 15) is 9.59 Å². The van der Waals surface area contributed by atoms with Crippen LogP contribution >= 0.6 is 8.53 Å². The summed E-state index contributed by atoms with van der Waals surface area (Å²) in [5.41, 5.74) is 0. The van der Waals surface area contributed by atoms with E-state index in [1.165, 1.54) is 0 Å². The number of rotatable bonds is 18. The maximum Gasteiger partial charge on any atom is 0.259 e. The summed E-state index contributed by atoms with van der Waals surface area (Å²) in [6.45, 7) is 10.1. The van der Waals surface area contributed by atoms with Crippen molar-refractivity contribution in [2.75, 3.05) is 33.0 Å². The minimum absolute atomic E-state index is 0.0154. The second-order valence-corrected chi connectivity index (χ2v) is 10.3. The minimum atomic E-state index is -1.24. The van der Waals surface area contributed by atoms with Crippen molar-refractivity contribution < 1.29 is 23.4 Å². The van der Waals surface area contributed by atoms with E-state index in [0.29, 0.717) is 39.0 Å². The van der Waals surface area contributed by atoms with E-state index in [0.717, 1.165) is 25.7 Å². The molecule has 2 atom stereocenters. The molecule has 0 bridgehead atoms. The van der Waals surface area contributed by atoms with Gasteiger partial charge in [-0.25, -0.2) is 4.67 Å². The number of likely N-dealkylation sites (tertiary alicyclic amines) is 1. The zero-order chi connectivity index (χ0) is 25.3. The first-order valence-electron chi connectivity index (χ1n) is 12.3. The van der Waals surface area contributed by atoms with Crippen LogP contribution in [0.25, 0.3) is 0 Å². The van der Waals surface area contributed by atoms with Gasteiger partial charge in [0, 0.05) is 25.0 Å². The summed E-state index contributed by atoms with van der Waals surface area (Å²) < 4.78 is 19.4. The first kappa shape index (κ1) is 30.4. The predicted octanol–water partition coefficient (Wildman–Crippen LogP) is 4.33. The quantitative estimate of drug-likeness (QED) is 0.203. The maximum atomic E-state index is 12.7. The maximum absolute atomic E-state index is 12.7. The Morgan fingerprint density at radius 2 is 1.65 bits per heavy atom. The van der Waals surface area contributed by atoms with Crippen LogP contribution in [0.5, 0.6) is 0 Å². The molecular weight excluding hydrogens is 455 g/mol. The number of Topliss-reactive ketones (excluding diaryl/α,β-unsaturated/α-hetero) is 1. The standard InChI is InChI=1S/C24H41N4O5P/c1-20(2)28(21(3)4)34(33-18-10-14-26)32-17-7-5-6-12-24(30)27-15-8-11-22(27)23(29)19-31-16-9-13-25/h20-22H,5-12,15-19H2,1-4H3/t22-,34?/m0/s1. The summed E-state index contributed by atoms with van der Waals surface area (Å²) >= 11 is 0. The highest BCUT2D eigenvalue weighted by atomic mass is 31.2. The molecule has 1 amide bonds. The van der Waals surface area contributed by atoms with Crippen molar-refractivity contribution in [2.45, 2.75) is 97.2 Å². The Balaban J connectivity index is 2.38. The number of amides is 1. The molecule has 1 fully saturated rings. The molecular formula is C24H41N4O5P. The van der Waals surface area contributed by atoms with Crippen molar-refractivity contribution in [2.24, 2.45) is 0 Å².